The minimum absolute atomic E-state index is 0.00806. The van der Waals surface area contributed by atoms with Crippen LogP contribution in [0.15, 0.2) is 41.6 Å². The van der Waals surface area contributed by atoms with E-state index in [1.54, 1.807) is 33.8 Å². The molecule has 0 aliphatic heterocycles. The van der Waals surface area contributed by atoms with Gasteiger partial charge in [-0.25, -0.2) is 0 Å². The predicted octanol–water partition coefficient (Wildman–Crippen LogP) is 0.204. The molecular formula is C11H14N4O. The fourth-order valence-electron chi connectivity index (χ4n) is 1.49. The van der Waals surface area contributed by atoms with Crippen molar-refractivity contribution in [3.8, 4) is 0 Å². The van der Waals surface area contributed by atoms with Crippen LogP contribution in [0.1, 0.15) is 5.56 Å². The lowest BCUT2D eigenvalue weighted by atomic mass is 10.4. The summed E-state index contributed by atoms with van der Waals surface area (Å²) in [4.78, 5) is 11.4. The number of nitrogens with zero attached hydrogens (tertiary/aromatic N) is 3. The van der Waals surface area contributed by atoms with Gasteiger partial charge < -0.3 is 10.3 Å². The molecule has 2 rings (SSSR count). The Bertz CT molecular complexity index is 514. The Labute approximate surface area is 93.1 Å². The minimum atomic E-state index is 0.00806. The molecule has 0 aliphatic rings. The molecule has 0 saturated heterocycles. The summed E-state index contributed by atoms with van der Waals surface area (Å²) in [6.07, 6.45) is 5.41. The highest BCUT2D eigenvalue weighted by molar-refractivity contribution is 5.02. The first-order valence-corrected chi connectivity index (χ1v) is 5.16. The van der Waals surface area contributed by atoms with E-state index in [1.807, 2.05) is 12.3 Å². The molecule has 2 aromatic heterocycles. The lowest BCUT2D eigenvalue weighted by Gasteiger charge is -2.04. The van der Waals surface area contributed by atoms with Crippen LogP contribution in [0.25, 0.3) is 0 Å². The molecule has 0 fully saturated rings. The van der Waals surface area contributed by atoms with E-state index in [0.717, 1.165) is 5.56 Å². The van der Waals surface area contributed by atoms with Crippen LogP contribution in [0.5, 0.6) is 0 Å². The molecule has 0 unspecified atom stereocenters. The zero-order chi connectivity index (χ0) is 11.4. The smallest absolute Gasteiger partial charge is 0.250 e. The summed E-state index contributed by atoms with van der Waals surface area (Å²) in [6, 6.07) is 5.13. The summed E-state index contributed by atoms with van der Waals surface area (Å²) < 4.78 is 3.45. The van der Waals surface area contributed by atoms with Gasteiger partial charge in [0, 0.05) is 37.1 Å². The second-order valence-electron chi connectivity index (χ2n) is 3.55. The Hall–Kier alpha value is -1.88. The Morgan fingerprint density at radius 3 is 2.88 bits per heavy atom. The number of hydrogen-bond donors (Lipinski definition) is 1. The van der Waals surface area contributed by atoms with Crippen molar-refractivity contribution in [3.63, 3.8) is 0 Å². The van der Waals surface area contributed by atoms with Crippen LogP contribution in [0.4, 0.5) is 0 Å². The molecule has 0 amide bonds. The average Bonchev–Trinajstić information content (AvgIpc) is 2.76. The first kappa shape index (κ1) is 10.6. The van der Waals surface area contributed by atoms with Crippen molar-refractivity contribution in [3.05, 3.63) is 52.7 Å². The number of pyridine rings is 1. The summed E-state index contributed by atoms with van der Waals surface area (Å²) in [5, 5.41) is 4.15. The molecule has 0 bridgehead atoms. The van der Waals surface area contributed by atoms with Gasteiger partial charge in [0.15, 0.2) is 0 Å². The SMILES string of the molecule is NCc1cnn(CCn2ccccc2=O)c1. The van der Waals surface area contributed by atoms with Gasteiger partial charge >= 0.3 is 0 Å². The first-order valence-electron chi connectivity index (χ1n) is 5.16. The van der Waals surface area contributed by atoms with Gasteiger partial charge in [0.2, 0.25) is 0 Å². The van der Waals surface area contributed by atoms with Crippen LogP contribution in [0.3, 0.4) is 0 Å². The molecule has 0 aliphatic carbocycles. The van der Waals surface area contributed by atoms with Crippen molar-refractivity contribution in [2.45, 2.75) is 19.6 Å². The molecule has 5 heteroatoms. The van der Waals surface area contributed by atoms with Gasteiger partial charge in [0.1, 0.15) is 0 Å². The number of nitrogens with two attached hydrogens (primary N) is 1. The Balaban J connectivity index is 2.02. The molecule has 16 heavy (non-hydrogen) atoms. The third-order valence-electron chi connectivity index (χ3n) is 2.39. The molecule has 0 spiro atoms. The average molecular weight is 218 g/mol. The largest absolute Gasteiger partial charge is 0.326 e. The van der Waals surface area contributed by atoms with Gasteiger partial charge in [0.05, 0.1) is 12.7 Å². The van der Waals surface area contributed by atoms with Crippen molar-refractivity contribution in [1.82, 2.24) is 14.3 Å². The third-order valence-corrected chi connectivity index (χ3v) is 2.39. The van der Waals surface area contributed by atoms with Crippen LogP contribution >= 0.6 is 0 Å². The lowest BCUT2D eigenvalue weighted by molar-refractivity contribution is 0.523. The standard InChI is InChI=1S/C11H14N4O/c12-7-10-8-13-15(9-10)6-5-14-4-2-1-3-11(14)16/h1-4,8-9H,5-7,12H2. The molecule has 0 aromatic carbocycles. The minimum Gasteiger partial charge on any atom is -0.326 e. The molecule has 2 N–H and O–H groups in total. The van der Waals surface area contributed by atoms with Crippen LogP contribution < -0.4 is 11.3 Å². The molecular weight excluding hydrogens is 204 g/mol. The Morgan fingerprint density at radius 2 is 2.19 bits per heavy atom. The maximum atomic E-state index is 11.4. The normalized spacial score (nSPS) is 10.6. The van der Waals surface area contributed by atoms with E-state index in [9.17, 15) is 4.79 Å². The van der Waals surface area contributed by atoms with E-state index >= 15 is 0 Å². The van der Waals surface area contributed by atoms with E-state index in [0.29, 0.717) is 19.6 Å². The van der Waals surface area contributed by atoms with E-state index in [4.69, 9.17) is 5.73 Å². The molecule has 0 atom stereocenters. The number of hydrogen-bond acceptors (Lipinski definition) is 3. The van der Waals surface area contributed by atoms with Gasteiger partial charge in [-0.3, -0.25) is 9.48 Å². The van der Waals surface area contributed by atoms with Crippen molar-refractivity contribution < 1.29 is 0 Å². The highest BCUT2D eigenvalue weighted by Crippen LogP contribution is 1.96. The summed E-state index contributed by atoms with van der Waals surface area (Å²) >= 11 is 0. The highest BCUT2D eigenvalue weighted by atomic mass is 16.1. The van der Waals surface area contributed by atoms with Gasteiger partial charge in [-0.15, -0.1) is 0 Å². The quantitative estimate of drug-likeness (QED) is 0.797. The van der Waals surface area contributed by atoms with E-state index in [1.165, 1.54) is 0 Å². The zero-order valence-electron chi connectivity index (χ0n) is 8.91. The maximum absolute atomic E-state index is 11.4. The second-order valence-corrected chi connectivity index (χ2v) is 3.55. The van der Waals surface area contributed by atoms with E-state index in [-0.39, 0.29) is 5.56 Å². The molecule has 0 saturated carbocycles. The first-order chi connectivity index (χ1) is 7.79. The van der Waals surface area contributed by atoms with Crippen molar-refractivity contribution >= 4 is 0 Å². The summed E-state index contributed by atoms with van der Waals surface area (Å²) in [7, 11) is 0. The molecule has 2 aromatic rings. The van der Waals surface area contributed by atoms with Crippen LogP contribution in [-0.2, 0) is 19.6 Å². The van der Waals surface area contributed by atoms with Gasteiger partial charge in [-0.1, -0.05) is 6.07 Å². The molecule has 2 heterocycles. The van der Waals surface area contributed by atoms with E-state index < -0.39 is 0 Å². The monoisotopic (exact) mass is 218 g/mol. The van der Waals surface area contributed by atoms with E-state index in [2.05, 4.69) is 5.10 Å². The molecule has 84 valence electrons. The van der Waals surface area contributed by atoms with Crippen LogP contribution in [0, 0.1) is 0 Å². The fourth-order valence-corrected chi connectivity index (χ4v) is 1.49. The van der Waals surface area contributed by atoms with Crippen LogP contribution in [-0.4, -0.2) is 14.3 Å². The maximum Gasteiger partial charge on any atom is 0.250 e. The lowest BCUT2D eigenvalue weighted by Crippen LogP contribution is -2.20. The second kappa shape index (κ2) is 4.76. The topological polar surface area (TPSA) is 65.8 Å². The fraction of sp³-hybridized carbons (Fsp3) is 0.273. The Morgan fingerprint density at radius 1 is 1.31 bits per heavy atom. The number of rotatable bonds is 4. The van der Waals surface area contributed by atoms with Crippen LogP contribution in [0.2, 0.25) is 0 Å². The summed E-state index contributed by atoms with van der Waals surface area (Å²) in [6.45, 7) is 1.78. The predicted molar refractivity (Wildman–Crippen MR) is 60.8 cm³/mol. The number of aromatic nitrogens is 3. The van der Waals surface area contributed by atoms with Crippen molar-refractivity contribution in [1.29, 1.82) is 0 Å². The van der Waals surface area contributed by atoms with Crippen molar-refractivity contribution in [2.75, 3.05) is 0 Å². The van der Waals surface area contributed by atoms with Gasteiger partial charge in [-0.2, -0.15) is 5.10 Å². The summed E-state index contributed by atoms with van der Waals surface area (Å²) in [5.74, 6) is 0. The highest BCUT2D eigenvalue weighted by Gasteiger charge is 1.98. The number of aryl methyl sites for hydroxylation is 2. The van der Waals surface area contributed by atoms with Crippen molar-refractivity contribution in [2.24, 2.45) is 5.73 Å². The molecule has 5 nitrogen and oxygen atoms in total. The Kier molecular flexibility index (Phi) is 3.16. The van der Waals surface area contributed by atoms with Gasteiger partial charge in [-0.05, 0) is 6.07 Å². The molecule has 0 radical (unpaired) electrons. The summed E-state index contributed by atoms with van der Waals surface area (Å²) in [5.41, 5.74) is 6.49. The third kappa shape index (κ3) is 2.38. The van der Waals surface area contributed by atoms with Gasteiger partial charge in [0.25, 0.3) is 5.56 Å². The zero-order valence-corrected chi connectivity index (χ0v) is 8.91.